The van der Waals surface area contributed by atoms with Crippen LogP contribution in [0, 0.1) is 21.4 Å². The number of fused-ring (bicyclic) bond motifs is 2. The molecule has 1 aliphatic carbocycles. The molecule has 5 heterocycles. The number of allylic oxidation sites excluding steroid dienone is 1. The van der Waals surface area contributed by atoms with Gasteiger partial charge in [0.25, 0.3) is 21.6 Å². The van der Waals surface area contributed by atoms with E-state index in [0.29, 0.717) is 30.0 Å². The molecule has 0 bridgehead atoms. The Morgan fingerprint density at radius 3 is 2.52 bits per heavy atom. The van der Waals surface area contributed by atoms with Crippen LogP contribution in [0.2, 0.25) is 5.02 Å². The van der Waals surface area contributed by atoms with Crippen LogP contribution in [0.4, 0.5) is 11.4 Å². The summed E-state index contributed by atoms with van der Waals surface area (Å²) in [5, 5.41) is 13.9. The van der Waals surface area contributed by atoms with E-state index in [9.17, 15) is 23.3 Å². The molecule has 348 valence electrons. The van der Waals surface area contributed by atoms with Gasteiger partial charge in [0, 0.05) is 99.4 Å². The second-order valence-corrected chi connectivity index (χ2v) is 21.1. The van der Waals surface area contributed by atoms with Gasteiger partial charge in [-0.05, 0) is 105 Å². The molecular formula is C49H57ClN8O7S. The van der Waals surface area contributed by atoms with E-state index in [1.165, 1.54) is 29.0 Å². The lowest BCUT2D eigenvalue weighted by Gasteiger charge is -2.39. The summed E-state index contributed by atoms with van der Waals surface area (Å²) in [7, 11) is -2.52. The molecule has 2 aromatic heterocycles. The first-order chi connectivity index (χ1) is 31.7. The number of hydrogen-bond donors (Lipinski definition) is 2. The van der Waals surface area contributed by atoms with Crippen molar-refractivity contribution in [2.45, 2.75) is 50.8 Å². The highest BCUT2D eigenvalue weighted by molar-refractivity contribution is 7.90. The standard InChI is InChI=1S/C49H57ClN8O7S/c1-49(2)13-10-36(43(29-49)34-4-6-37(50)7-5-34)31-56-20-22-57(23-21-56)38-8-9-41(46(26-38)65-39-25-35-11-14-51-47(35)52-30-39)48(59)53-66(62,63)40-27-44(58(60)61)42-24-33(32-64-45(42)28-40)12-15-55-18-16-54(3)17-19-55/h4-9,11,14,25-28,30,33H,10,12-13,15-24,29,31-32H2,1-3H3,(H,51,52)(H,53,59)/t33-/m0/s1. The van der Waals surface area contributed by atoms with Crippen molar-refractivity contribution in [3.8, 4) is 17.2 Å². The zero-order valence-electron chi connectivity index (χ0n) is 37.7. The second-order valence-electron chi connectivity index (χ2n) is 19.0. The summed E-state index contributed by atoms with van der Waals surface area (Å²) in [6.45, 7) is 13.7. The number of halogens is 1. The van der Waals surface area contributed by atoms with Gasteiger partial charge in [-0.25, -0.2) is 18.1 Å². The summed E-state index contributed by atoms with van der Waals surface area (Å²) in [5.41, 5.74) is 5.77. The molecule has 0 unspecified atom stereocenters. The molecule has 3 aliphatic heterocycles. The number of rotatable bonds is 13. The molecule has 3 aromatic carbocycles. The van der Waals surface area contributed by atoms with E-state index in [1.54, 1.807) is 30.5 Å². The van der Waals surface area contributed by atoms with Crippen LogP contribution < -0.4 is 19.1 Å². The molecular weight excluding hydrogens is 880 g/mol. The minimum atomic E-state index is -4.62. The van der Waals surface area contributed by atoms with Gasteiger partial charge >= 0.3 is 0 Å². The van der Waals surface area contributed by atoms with Crippen LogP contribution in [-0.2, 0) is 16.4 Å². The highest BCUT2D eigenvalue weighted by atomic mass is 35.5. The van der Waals surface area contributed by atoms with Crippen molar-refractivity contribution >= 4 is 55.5 Å². The van der Waals surface area contributed by atoms with Gasteiger partial charge in [0.1, 0.15) is 22.9 Å². The molecule has 2 N–H and O–H groups in total. The number of nitro benzene ring substituents is 1. The highest BCUT2D eigenvalue weighted by Crippen LogP contribution is 2.44. The summed E-state index contributed by atoms with van der Waals surface area (Å²) in [6.07, 6.45) is 7.68. The van der Waals surface area contributed by atoms with Crippen molar-refractivity contribution in [1.82, 2.24) is 29.4 Å². The molecule has 66 heavy (non-hydrogen) atoms. The van der Waals surface area contributed by atoms with Crippen molar-refractivity contribution in [2.75, 3.05) is 84.0 Å². The number of H-pyrrole nitrogens is 1. The molecule has 0 spiro atoms. The number of ether oxygens (including phenoxy) is 2. The van der Waals surface area contributed by atoms with Gasteiger partial charge in [0.05, 0.1) is 33.7 Å². The van der Waals surface area contributed by atoms with Crippen LogP contribution >= 0.6 is 11.6 Å². The molecule has 1 amide bonds. The summed E-state index contributed by atoms with van der Waals surface area (Å²) < 4.78 is 42.5. The molecule has 4 aliphatic rings. The molecule has 15 nitrogen and oxygen atoms in total. The number of pyridine rings is 1. The average molecular weight is 938 g/mol. The van der Waals surface area contributed by atoms with Gasteiger partial charge in [-0.3, -0.25) is 19.8 Å². The Bertz CT molecular complexity index is 2760. The number of nitro groups is 1. The van der Waals surface area contributed by atoms with E-state index < -0.39 is 25.7 Å². The first-order valence-corrected chi connectivity index (χ1v) is 24.6. The van der Waals surface area contributed by atoms with E-state index in [0.717, 1.165) is 113 Å². The average Bonchev–Trinajstić information content (AvgIpc) is 3.77. The maximum absolute atomic E-state index is 14.1. The third-order valence-corrected chi connectivity index (χ3v) is 15.2. The van der Waals surface area contributed by atoms with E-state index in [2.05, 4.69) is 67.3 Å². The monoisotopic (exact) mass is 936 g/mol. The lowest BCUT2D eigenvalue weighted by atomic mass is 9.72. The smallest absolute Gasteiger partial charge is 0.277 e. The predicted octanol–water partition coefficient (Wildman–Crippen LogP) is 8.01. The summed E-state index contributed by atoms with van der Waals surface area (Å²) in [5.74, 6) is -0.300. The molecule has 0 radical (unpaired) electrons. The van der Waals surface area contributed by atoms with Gasteiger partial charge in [-0.1, -0.05) is 43.2 Å². The van der Waals surface area contributed by atoms with Crippen LogP contribution in [0.5, 0.6) is 17.2 Å². The SMILES string of the molecule is CN1CCN(CC[C@@H]2COc3cc(S(=O)(=O)NC(=O)c4ccc(N5CCN(CC6=C(c7ccc(Cl)cc7)CC(C)(C)CC6)CC5)cc4Oc4cnc5[nH]ccc5c4)cc([N+](=O)[O-])c3C2)CC1. The minimum Gasteiger partial charge on any atom is -0.493 e. The number of piperazine rings is 2. The van der Waals surface area contributed by atoms with Crippen LogP contribution in [0.25, 0.3) is 16.6 Å². The Morgan fingerprint density at radius 1 is 1.00 bits per heavy atom. The Morgan fingerprint density at radius 2 is 1.76 bits per heavy atom. The van der Waals surface area contributed by atoms with Gasteiger partial charge in [-0.2, -0.15) is 0 Å². The lowest BCUT2D eigenvalue weighted by Crippen LogP contribution is -2.47. The number of amides is 1. The van der Waals surface area contributed by atoms with Gasteiger partial charge in [0.2, 0.25) is 0 Å². The molecule has 9 rings (SSSR count). The lowest BCUT2D eigenvalue weighted by molar-refractivity contribution is -0.386. The maximum Gasteiger partial charge on any atom is 0.277 e. The minimum absolute atomic E-state index is 0.0380. The Balaban J connectivity index is 0.922. The molecule has 0 saturated carbocycles. The zero-order chi connectivity index (χ0) is 46.2. The first-order valence-electron chi connectivity index (χ1n) is 22.8. The van der Waals surface area contributed by atoms with E-state index >= 15 is 0 Å². The van der Waals surface area contributed by atoms with Crippen LogP contribution in [-0.4, -0.2) is 123 Å². The third-order valence-electron chi connectivity index (χ3n) is 13.7. The highest BCUT2D eigenvalue weighted by Gasteiger charge is 2.34. The maximum atomic E-state index is 14.1. The fraction of sp³-hybridized carbons (Fsp3) is 0.429. The Labute approximate surface area is 390 Å². The largest absolute Gasteiger partial charge is 0.493 e. The molecule has 2 saturated heterocycles. The summed E-state index contributed by atoms with van der Waals surface area (Å²) in [6, 6.07) is 19.2. The number of nitrogens with one attached hydrogen (secondary N) is 2. The van der Waals surface area contributed by atoms with Crippen LogP contribution in [0.3, 0.4) is 0 Å². The van der Waals surface area contributed by atoms with Crippen LogP contribution in [0.15, 0.2) is 89.6 Å². The van der Waals surface area contributed by atoms with Crippen molar-refractivity contribution in [1.29, 1.82) is 0 Å². The van der Waals surface area contributed by atoms with Gasteiger partial charge in [-0.15, -0.1) is 0 Å². The third kappa shape index (κ3) is 10.4. The molecule has 17 heteroatoms. The number of nitrogens with zero attached hydrogens (tertiary/aromatic N) is 6. The number of sulfonamides is 1. The van der Waals surface area contributed by atoms with Crippen molar-refractivity contribution in [2.24, 2.45) is 11.3 Å². The van der Waals surface area contributed by atoms with Crippen LogP contribution in [0.1, 0.15) is 61.0 Å². The number of hydrogen-bond acceptors (Lipinski definition) is 12. The summed E-state index contributed by atoms with van der Waals surface area (Å²) >= 11 is 6.25. The Kier molecular flexibility index (Phi) is 13.1. The van der Waals surface area contributed by atoms with E-state index in [-0.39, 0.29) is 34.1 Å². The second kappa shape index (κ2) is 19.0. The number of anilines is 1. The van der Waals surface area contributed by atoms with Crippen molar-refractivity contribution in [3.05, 3.63) is 117 Å². The Hall–Kier alpha value is -5.52. The molecule has 1 atom stereocenters. The quantitative estimate of drug-likeness (QED) is 0.0864. The number of aromatic nitrogens is 2. The number of carbonyl (C=O) groups excluding carboxylic acids is 1. The number of benzene rings is 3. The topological polar surface area (TPSA) is 166 Å². The number of carbonyl (C=O) groups is 1. The van der Waals surface area contributed by atoms with Gasteiger partial charge < -0.3 is 29.2 Å². The zero-order valence-corrected chi connectivity index (χ0v) is 39.3. The fourth-order valence-electron chi connectivity index (χ4n) is 9.65. The van der Waals surface area contributed by atoms with E-state index in [1.807, 2.05) is 18.2 Å². The van der Waals surface area contributed by atoms with Crippen molar-refractivity contribution in [3.63, 3.8) is 0 Å². The number of aromatic amines is 1. The van der Waals surface area contributed by atoms with Crippen molar-refractivity contribution < 1.29 is 27.6 Å². The molecule has 5 aromatic rings. The predicted molar refractivity (Wildman–Crippen MR) is 256 cm³/mol. The molecule has 2 fully saturated rings. The fourth-order valence-corrected chi connectivity index (χ4v) is 10.8. The first kappa shape index (κ1) is 45.6. The van der Waals surface area contributed by atoms with E-state index in [4.69, 9.17) is 21.1 Å². The normalized spacial score (nSPS) is 19.6. The summed E-state index contributed by atoms with van der Waals surface area (Å²) in [4.78, 5) is 42.4. The van der Waals surface area contributed by atoms with Gasteiger partial charge in [0.15, 0.2) is 0 Å². The number of likely N-dealkylation sites (N-methyl/N-ethyl adjacent to an activating group) is 1.